The highest BCUT2D eigenvalue weighted by molar-refractivity contribution is 5.97. The zero-order chi connectivity index (χ0) is 22.1. The first-order valence-electron chi connectivity index (χ1n) is 10.2. The number of aryl methyl sites for hydroxylation is 1. The first kappa shape index (κ1) is 22.0. The predicted octanol–water partition coefficient (Wildman–Crippen LogP) is 2.38. The van der Waals surface area contributed by atoms with Crippen LogP contribution in [0.4, 0.5) is 4.39 Å². The molecule has 1 unspecified atom stereocenters. The average molecular weight is 416 g/mol. The van der Waals surface area contributed by atoms with Crippen molar-refractivity contribution in [1.29, 1.82) is 0 Å². The average Bonchev–Trinajstić information content (AvgIpc) is 2.85. The molecular formula is C22H30FN5O2. The third-order valence-electron chi connectivity index (χ3n) is 5.33. The van der Waals surface area contributed by atoms with Crippen molar-refractivity contribution in [3.63, 3.8) is 0 Å². The third kappa shape index (κ3) is 4.38. The molecule has 1 aliphatic heterocycles. The SMILES string of the molecule is CNC(=O)C(NC(=O)c1nc(-c2ccc(C)cc2F)n2c1CNCCC2)C(C)(C)C. The highest BCUT2D eigenvalue weighted by Crippen LogP contribution is 2.28. The predicted molar refractivity (Wildman–Crippen MR) is 113 cm³/mol. The number of imidazole rings is 1. The number of rotatable bonds is 4. The molecule has 2 aromatic rings. The second kappa shape index (κ2) is 8.55. The lowest BCUT2D eigenvalue weighted by atomic mass is 9.86. The summed E-state index contributed by atoms with van der Waals surface area (Å²) < 4.78 is 16.6. The maximum absolute atomic E-state index is 14.7. The van der Waals surface area contributed by atoms with Gasteiger partial charge in [-0.3, -0.25) is 9.59 Å². The number of halogens is 1. The largest absolute Gasteiger partial charge is 0.357 e. The van der Waals surface area contributed by atoms with Gasteiger partial charge >= 0.3 is 0 Å². The maximum Gasteiger partial charge on any atom is 0.272 e. The Balaban J connectivity index is 2.05. The monoisotopic (exact) mass is 415 g/mol. The molecule has 3 N–H and O–H groups in total. The summed E-state index contributed by atoms with van der Waals surface area (Å²) in [5.74, 6) is -0.651. The third-order valence-corrected chi connectivity index (χ3v) is 5.33. The molecule has 1 aromatic carbocycles. The van der Waals surface area contributed by atoms with Gasteiger partial charge in [-0.15, -0.1) is 0 Å². The molecule has 8 heteroatoms. The Morgan fingerprint density at radius 2 is 2.03 bits per heavy atom. The van der Waals surface area contributed by atoms with Gasteiger partial charge in [-0.05, 0) is 43.0 Å². The van der Waals surface area contributed by atoms with Crippen molar-refractivity contribution in [2.75, 3.05) is 13.6 Å². The van der Waals surface area contributed by atoms with Crippen molar-refractivity contribution in [2.45, 2.75) is 53.2 Å². The summed E-state index contributed by atoms with van der Waals surface area (Å²) in [6.45, 7) is 9.35. The van der Waals surface area contributed by atoms with E-state index in [1.165, 1.54) is 13.1 Å². The Labute approximate surface area is 176 Å². The molecule has 1 atom stereocenters. The first-order chi connectivity index (χ1) is 14.1. The van der Waals surface area contributed by atoms with Gasteiger partial charge in [-0.1, -0.05) is 26.8 Å². The van der Waals surface area contributed by atoms with Gasteiger partial charge in [0.1, 0.15) is 17.7 Å². The molecule has 162 valence electrons. The highest BCUT2D eigenvalue weighted by Gasteiger charge is 2.34. The van der Waals surface area contributed by atoms with E-state index in [1.807, 2.05) is 38.3 Å². The molecule has 0 bridgehead atoms. The van der Waals surface area contributed by atoms with E-state index in [0.29, 0.717) is 30.2 Å². The lowest BCUT2D eigenvalue weighted by molar-refractivity contribution is -0.124. The van der Waals surface area contributed by atoms with Gasteiger partial charge in [-0.25, -0.2) is 9.37 Å². The number of benzene rings is 1. The molecule has 7 nitrogen and oxygen atoms in total. The fraction of sp³-hybridized carbons (Fsp3) is 0.500. The molecule has 0 spiro atoms. The number of fused-ring (bicyclic) bond motifs is 1. The van der Waals surface area contributed by atoms with Crippen molar-refractivity contribution >= 4 is 11.8 Å². The zero-order valence-electron chi connectivity index (χ0n) is 18.2. The van der Waals surface area contributed by atoms with E-state index in [2.05, 4.69) is 20.9 Å². The van der Waals surface area contributed by atoms with Crippen molar-refractivity contribution < 1.29 is 14.0 Å². The van der Waals surface area contributed by atoms with Crippen LogP contribution in [0.3, 0.4) is 0 Å². The number of hydrogen-bond acceptors (Lipinski definition) is 4. The molecule has 2 amide bonds. The summed E-state index contributed by atoms with van der Waals surface area (Å²) in [4.78, 5) is 30.1. The summed E-state index contributed by atoms with van der Waals surface area (Å²) in [6.07, 6.45) is 0.841. The smallest absolute Gasteiger partial charge is 0.272 e. The van der Waals surface area contributed by atoms with Crippen LogP contribution < -0.4 is 16.0 Å². The van der Waals surface area contributed by atoms with Crippen LogP contribution in [0.25, 0.3) is 11.4 Å². The van der Waals surface area contributed by atoms with E-state index < -0.39 is 17.4 Å². The number of nitrogens with zero attached hydrogens (tertiary/aromatic N) is 2. The molecule has 1 aliphatic rings. The zero-order valence-corrected chi connectivity index (χ0v) is 18.2. The lowest BCUT2D eigenvalue weighted by Gasteiger charge is -2.29. The highest BCUT2D eigenvalue weighted by atomic mass is 19.1. The van der Waals surface area contributed by atoms with Gasteiger partial charge in [0.15, 0.2) is 5.69 Å². The number of carbonyl (C=O) groups is 2. The summed E-state index contributed by atoms with van der Waals surface area (Å²) >= 11 is 0. The number of hydrogen-bond donors (Lipinski definition) is 3. The Kier molecular flexibility index (Phi) is 6.26. The molecule has 2 heterocycles. The lowest BCUT2D eigenvalue weighted by Crippen LogP contribution is -2.53. The Morgan fingerprint density at radius 3 is 2.67 bits per heavy atom. The Bertz CT molecular complexity index is 961. The standard InChI is InChI=1S/C22H30FN5O2/c1-13-7-8-14(15(23)11-13)19-26-17(16-12-25-9-6-10-28(16)19)20(29)27-18(21(30)24-5)22(2,3)4/h7-8,11,18,25H,6,9-10,12H2,1-5H3,(H,24,30)(H,27,29). The molecule has 3 rings (SSSR count). The van der Waals surface area contributed by atoms with E-state index >= 15 is 0 Å². The van der Waals surface area contributed by atoms with Gasteiger partial charge in [0, 0.05) is 20.1 Å². The molecule has 0 saturated heterocycles. The molecule has 1 aromatic heterocycles. The van der Waals surface area contributed by atoms with Crippen LogP contribution in [0, 0.1) is 18.2 Å². The molecule has 0 radical (unpaired) electrons. The van der Waals surface area contributed by atoms with Crippen LogP contribution in [-0.4, -0.2) is 41.0 Å². The van der Waals surface area contributed by atoms with E-state index in [1.54, 1.807) is 6.07 Å². The van der Waals surface area contributed by atoms with Crippen LogP contribution in [0.5, 0.6) is 0 Å². The van der Waals surface area contributed by atoms with Crippen molar-refractivity contribution in [3.8, 4) is 11.4 Å². The van der Waals surface area contributed by atoms with E-state index in [4.69, 9.17) is 0 Å². The molecule has 0 fully saturated rings. The van der Waals surface area contributed by atoms with Gasteiger partial charge in [0.25, 0.3) is 5.91 Å². The number of amides is 2. The minimum Gasteiger partial charge on any atom is -0.357 e. The van der Waals surface area contributed by atoms with Gasteiger partial charge < -0.3 is 20.5 Å². The summed E-state index contributed by atoms with van der Waals surface area (Å²) in [5.41, 5.74) is 1.61. The van der Waals surface area contributed by atoms with Crippen LogP contribution in [-0.2, 0) is 17.9 Å². The fourth-order valence-electron chi connectivity index (χ4n) is 3.68. The maximum atomic E-state index is 14.7. The van der Waals surface area contributed by atoms with Crippen molar-refractivity contribution in [3.05, 3.63) is 41.0 Å². The minimum absolute atomic E-state index is 0.220. The quantitative estimate of drug-likeness (QED) is 0.716. The van der Waals surface area contributed by atoms with Gasteiger partial charge in [0.2, 0.25) is 5.91 Å². The second-order valence-corrected chi connectivity index (χ2v) is 8.78. The van der Waals surface area contributed by atoms with Crippen molar-refractivity contribution in [2.24, 2.45) is 5.41 Å². The molecular weight excluding hydrogens is 385 g/mol. The van der Waals surface area contributed by atoms with Gasteiger partial charge in [-0.2, -0.15) is 0 Å². The van der Waals surface area contributed by atoms with E-state index in [9.17, 15) is 14.0 Å². The Hall–Kier alpha value is -2.74. The molecule has 0 saturated carbocycles. The van der Waals surface area contributed by atoms with Gasteiger partial charge in [0.05, 0.1) is 11.3 Å². The Morgan fingerprint density at radius 1 is 1.30 bits per heavy atom. The number of nitrogens with one attached hydrogen (secondary N) is 3. The van der Waals surface area contributed by atoms with E-state index in [-0.39, 0.29) is 17.4 Å². The number of carbonyl (C=O) groups excluding carboxylic acids is 2. The van der Waals surface area contributed by atoms with Crippen LogP contribution in [0.15, 0.2) is 18.2 Å². The van der Waals surface area contributed by atoms with Crippen LogP contribution in [0.1, 0.15) is 48.9 Å². The van der Waals surface area contributed by atoms with Crippen molar-refractivity contribution in [1.82, 2.24) is 25.5 Å². The normalized spacial score (nSPS) is 15.1. The fourth-order valence-corrected chi connectivity index (χ4v) is 3.68. The summed E-state index contributed by atoms with van der Waals surface area (Å²) in [6, 6.07) is 4.26. The second-order valence-electron chi connectivity index (χ2n) is 8.78. The summed E-state index contributed by atoms with van der Waals surface area (Å²) in [5, 5.41) is 8.73. The molecule has 0 aliphatic carbocycles. The first-order valence-corrected chi connectivity index (χ1v) is 10.2. The van der Waals surface area contributed by atoms with Crippen LogP contribution in [0.2, 0.25) is 0 Å². The molecule has 30 heavy (non-hydrogen) atoms. The number of likely N-dealkylation sites (N-methyl/N-ethyl adjacent to an activating group) is 1. The number of aromatic nitrogens is 2. The summed E-state index contributed by atoms with van der Waals surface area (Å²) in [7, 11) is 1.54. The minimum atomic E-state index is -0.731. The topological polar surface area (TPSA) is 88.1 Å². The van der Waals surface area contributed by atoms with Crippen LogP contribution >= 0.6 is 0 Å². The van der Waals surface area contributed by atoms with E-state index in [0.717, 1.165) is 18.5 Å².